The van der Waals surface area contributed by atoms with Crippen molar-refractivity contribution in [3.8, 4) is 0 Å². The quantitative estimate of drug-likeness (QED) is 0.846. The lowest BCUT2D eigenvalue weighted by molar-refractivity contribution is 0.0941. The molecular weight excluding hydrogens is 228 g/mol. The lowest BCUT2D eigenvalue weighted by Crippen LogP contribution is -2.27. The number of hydrogen-bond acceptors (Lipinski definition) is 2. The highest BCUT2D eigenvalue weighted by molar-refractivity contribution is 5.94. The number of carbonyl (C=O) groups is 1. The fourth-order valence-corrected chi connectivity index (χ4v) is 1.31. The molecule has 0 saturated heterocycles. The molecule has 1 aromatic carbocycles. The summed E-state index contributed by atoms with van der Waals surface area (Å²) in [6.07, 6.45) is -0.184. The molecule has 94 valence electrons. The third-order valence-electron chi connectivity index (χ3n) is 2.34. The Hall–Kier alpha value is -1.49. The van der Waals surface area contributed by atoms with Gasteiger partial charge in [0.05, 0.1) is 11.7 Å². The molecule has 1 amide bonds. The summed E-state index contributed by atoms with van der Waals surface area (Å²) in [6, 6.07) is 1.86. The second kappa shape index (κ2) is 5.72. The van der Waals surface area contributed by atoms with Gasteiger partial charge in [-0.1, -0.05) is 0 Å². The van der Waals surface area contributed by atoms with Crippen molar-refractivity contribution in [1.29, 1.82) is 0 Å². The van der Waals surface area contributed by atoms with Crippen LogP contribution in [0.2, 0.25) is 0 Å². The zero-order valence-corrected chi connectivity index (χ0v) is 9.76. The Morgan fingerprint density at radius 2 is 2.06 bits per heavy atom. The number of nitrogens with one attached hydrogen (secondary N) is 1. The molecule has 1 aromatic rings. The lowest BCUT2D eigenvalue weighted by Gasteiger charge is -2.08. The van der Waals surface area contributed by atoms with Gasteiger partial charge in [-0.05, 0) is 38.0 Å². The van der Waals surface area contributed by atoms with Crippen LogP contribution in [0, 0.1) is 18.6 Å². The fourth-order valence-electron chi connectivity index (χ4n) is 1.31. The Kier molecular flexibility index (Phi) is 4.57. The average Bonchev–Trinajstić information content (AvgIpc) is 2.22. The summed E-state index contributed by atoms with van der Waals surface area (Å²) >= 11 is 0. The first-order valence-electron chi connectivity index (χ1n) is 5.33. The van der Waals surface area contributed by atoms with Gasteiger partial charge in [-0.15, -0.1) is 0 Å². The van der Waals surface area contributed by atoms with E-state index < -0.39 is 23.6 Å². The second-order valence-corrected chi connectivity index (χ2v) is 3.97. The Bertz CT molecular complexity index is 419. The Labute approximate surface area is 98.5 Å². The van der Waals surface area contributed by atoms with E-state index in [1.165, 1.54) is 6.92 Å². The maximum Gasteiger partial charge on any atom is 0.254 e. The van der Waals surface area contributed by atoms with Crippen molar-refractivity contribution in [2.75, 3.05) is 6.54 Å². The van der Waals surface area contributed by atoms with Crippen LogP contribution in [-0.4, -0.2) is 23.7 Å². The van der Waals surface area contributed by atoms with E-state index in [-0.39, 0.29) is 17.7 Å². The Morgan fingerprint density at radius 3 is 2.65 bits per heavy atom. The topological polar surface area (TPSA) is 49.3 Å². The molecule has 3 nitrogen and oxygen atoms in total. The predicted molar refractivity (Wildman–Crippen MR) is 59.7 cm³/mol. The molecule has 0 heterocycles. The second-order valence-electron chi connectivity index (χ2n) is 3.97. The Balaban J connectivity index is 2.72. The van der Waals surface area contributed by atoms with E-state index in [0.717, 1.165) is 12.1 Å². The fraction of sp³-hybridized carbons (Fsp3) is 0.417. The van der Waals surface area contributed by atoms with E-state index in [4.69, 9.17) is 5.11 Å². The lowest BCUT2D eigenvalue weighted by atomic mass is 10.1. The van der Waals surface area contributed by atoms with Crippen molar-refractivity contribution in [1.82, 2.24) is 5.32 Å². The molecule has 0 saturated carbocycles. The summed E-state index contributed by atoms with van der Waals surface area (Å²) in [7, 11) is 0. The summed E-state index contributed by atoms with van der Waals surface area (Å²) in [5, 5.41) is 11.4. The van der Waals surface area contributed by atoms with Crippen LogP contribution in [0.4, 0.5) is 8.78 Å². The number of benzene rings is 1. The number of amides is 1. The molecule has 1 rings (SSSR count). The molecule has 0 fully saturated rings. The number of aliphatic hydroxyl groups is 1. The van der Waals surface area contributed by atoms with Crippen LogP contribution in [0.25, 0.3) is 0 Å². The van der Waals surface area contributed by atoms with Gasteiger partial charge in [-0.3, -0.25) is 4.79 Å². The smallest absolute Gasteiger partial charge is 0.254 e. The summed E-state index contributed by atoms with van der Waals surface area (Å²) < 4.78 is 26.6. The minimum Gasteiger partial charge on any atom is -0.393 e. The van der Waals surface area contributed by atoms with Gasteiger partial charge in [-0.2, -0.15) is 0 Å². The molecule has 1 atom stereocenters. The third kappa shape index (κ3) is 3.78. The zero-order chi connectivity index (χ0) is 13.0. The van der Waals surface area contributed by atoms with Gasteiger partial charge in [0.1, 0.15) is 11.6 Å². The van der Waals surface area contributed by atoms with Crippen molar-refractivity contribution in [2.24, 2.45) is 0 Å². The van der Waals surface area contributed by atoms with Crippen molar-refractivity contribution in [2.45, 2.75) is 26.4 Å². The van der Waals surface area contributed by atoms with Gasteiger partial charge in [0.25, 0.3) is 5.91 Å². The molecule has 2 N–H and O–H groups in total. The standard InChI is InChI=1S/C12H15F2NO2/c1-7-5-11(14)9(6-10(7)13)12(17)15-4-3-8(2)16/h5-6,8,16H,3-4H2,1-2H3,(H,15,17). The molecule has 0 aliphatic heterocycles. The maximum atomic E-state index is 13.4. The van der Waals surface area contributed by atoms with E-state index in [2.05, 4.69) is 5.32 Å². The summed E-state index contributed by atoms with van der Waals surface area (Å²) in [5.41, 5.74) is -0.165. The zero-order valence-electron chi connectivity index (χ0n) is 9.76. The summed E-state index contributed by atoms with van der Waals surface area (Å²) in [5.74, 6) is -2.05. The average molecular weight is 243 g/mol. The van der Waals surface area contributed by atoms with Crippen molar-refractivity contribution < 1.29 is 18.7 Å². The molecular formula is C12H15F2NO2. The van der Waals surface area contributed by atoms with Crippen molar-refractivity contribution in [3.05, 3.63) is 34.9 Å². The minimum atomic E-state index is -0.751. The monoisotopic (exact) mass is 243 g/mol. The Morgan fingerprint density at radius 1 is 1.41 bits per heavy atom. The first-order chi connectivity index (χ1) is 7.91. The van der Waals surface area contributed by atoms with Crippen LogP contribution < -0.4 is 5.32 Å². The van der Waals surface area contributed by atoms with E-state index in [1.54, 1.807) is 6.92 Å². The highest BCUT2D eigenvalue weighted by atomic mass is 19.1. The van der Waals surface area contributed by atoms with E-state index in [1.807, 2.05) is 0 Å². The highest BCUT2D eigenvalue weighted by Gasteiger charge is 2.14. The van der Waals surface area contributed by atoms with Crippen molar-refractivity contribution >= 4 is 5.91 Å². The van der Waals surface area contributed by atoms with E-state index >= 15 is 0 Å². The van der Waals surface area contributed by atoms with Crippen LogP contribution in [0.15, 0.2) is 12.1 Å². The first kappa shape index (κ1) is 13.6. The number of halogens is 2. The molecule has 0 radical (unpaired) electrons. The van der Waals surface area contributed by atoms with E-state index in [0.29, 0.717) is 6.42 Å². The summed E-state index contributed by atoms with van der Waals surface area (Å²) in [6.45, 7) is 3.22. The molecule has 5 heteroatoms. The van der Waals surface area contributed by atoms with Crippen LogP contribution in [-0.2, 0) is 0 Å². The molecule has 0 aromatic heterocycles. The van der Waals surface area contributed by atoms with Gasteiger partial charge >= 0.3 is 0 Å². The number of aryl methyl sites for hydroxylation is 1. The number of carbonyl (C=O) groups excluding carboxylic acids is 1. The normalized spacial score (nSPS) is 12.3. The van der Waals surface area contributed by atoms with Crippen LogP contribution >= 0.6 is 0 Å². The molecule has 0 bridgehead atoms. The minimum absolute atomic E-state index is 0.156. The van der Waals surface area contributed by atoms with Gasteiger partial charge < -0.3 is 10.4 Å². The van der Waals surface area contributed by atoms with Gasteiger partial charge in [0.15, 0.2) is 0 Å². The van der Waals surface area contributed by atoms with Crippen molar-refractivity contribution in [3.63, 3.8) is 0 Å². The number of hydrogen-bond donors (Lipinski definition) is 2. The van der Waals surface area contributed by atoms with Gasteiger partial charge in [-0.25, -0.2) is 8.78 Å². The van der Waals surface area contributed by atoms with Crippen LogP contribution in [0.3, 0.4) is 0 Å². The van der Waals surface area contributed by atoms with Crippen LogP contribution in [0.1, 0.15) is 29.3 Å². The molecule has 1 unspecified atom stereocenters. The SMILES string of the molecule is Cc1cc(F)c(C(=O)NCCC(C)O)cc1F. The summed E-state index contributed by atoms with van der Waals surface area (Å²) in [4.78, 5) is 11.5. The molecule has 0 aliphatic carbocycles. The number of aliphatic hydroxyl groups excluding tert-OH is 1. The third-order valence-corrected chi connectivity index (χ3v) is 2.34. The number of rotatable bonds is 4. The first-order valence-corrected chi connectivity index (χ1v) is 5.33. The van der Waals surface area contributed by atoms with Crippen LogP contribution in [0.5, 0.6) is 0 Å². The predicted octanol–water partition coefficient (Wildman–Crippen LogP) is 1.77. The highest BCUT2D eigenvalue weighted by Crippen LogP contribution is 2.14. The van der Waals surface area contributed by atoms with E-state index in [9.17, 15) is 13.6 Å². The molecule has 0 aliphatic rings. The maximum absolute atomic E-state index is 13.4. The molecule has 17 heavy (non-hydrogen) atoms. The largest absolute Gasteiger partial charge is 0.393 e. The van der Waals surface area contributed by atoms with Gasteiger partial charge in [0, 0.05) is 6.54 Å². The molecule has 0 spiro atoms. The van der Waals surface area contributed by atoms with Gasteiger partial charge in [0.2, 0.25) is 0 Å².